The molecule has 0 saturated heterocycles. The van der Waals surface area contributed by atoms with Crippen LogP contribution in [0.4, 0.5) is 11.4 Å². The van der Waals surface area contributed by atoms with E-state index in [9.17, 15) is 9.59 Å². The zero-order chi connectivity index (χ0) is 30.3. The standard InChI is InChI=1S/C33H35N5O5/c1-21-18-35-28(19-34-21)33(40)36-26-8-6-5-7-25(26)32(39)37-27-10-9-22(15-29(27)41-2)11-13-38-14-12-23-16-30(42-3)31(43-4)17-24(23)20-38/h5-10,15-19H,11-14,20H2,1-4H3,(H,36,40)(H,37,39). The monoisotopic (exact) mass is 581 g/mol. The van der Waals surface area contributed by atoms with Gasteiger partial charge in [-0.25, -0.2) is 4.98 Å². The predicted octanol–water partition coefficient (Wildman–Crippen LogP) is 4.92. The van der Waals surface area contributed by atoms with Crippen LogP contribution < -0.4 is 24.8 Å². The molecule has 0 spiro atoms. The van der Waals surface area contributed by atoms with E-state index in [0.29, 0.717) is 28.4 Å². The Morgan fingerprint density at radius 2 is 1.53 bits per heavy atom. The molecule has 10 nitrogen and oxygen atoms in total. The van der Waals surface area contributed by atoms with Crippen LogP contribution in [0.15, 0.2) is 67.0 Å². The summed E-state index contributed by atoms with van der Waals surface area (Å²) in [4.78, 5) is 36.7. The Bertz CT molecular complexity index is 1620. The second-order valence-corrected chi connectivity index (χ2v) is 10.3. The van der Waals surface area contributed by atoms with Gasteiger partial charge in [-0.1, -0.05) is 18.2 Å². The fourth-order valence-corrected chi connectivity index (χ4v) is 5.09. The summed E-state index contributed by atoms with van der Waals surface area (Å²) in [5, 5.41) is 5.69. The first kappa shape index (κ1) is 29.5. The molecule has 10 heteroatoms. The lowest BCUT2D eigenvalue weighted by Crippen LogP contribution is -2.32. The molecule has 0 aliphatic carbocycles. The van der Waals surface area contributed by atoms with Gasteiger partial charge in [-0.05, 0) is 72.9 Å². The van der Waals surface area contributed by atoms with Crippen LogP contribution >= 0.6 is 0 Å². The number of ether oxygens (including phenoxy) is 3. The summed E-state index contributed by atoms with van der Waals surface area (Å²) in [7, 11) is 4.89. The van der Waals surface area contributed by atoms with E-state index >= 15 is 0 Å². The van der Waals surface area contributed by atoms with Gasteiger partial charge in [0.1, 0.15) is 11.4 Å². The minimum absolute atomic E-state index is 0.159. The molecule has 1 aliphatic rings. The van der Waals surface area contributed by atoms with Crippen molar-refractivity contribution in [1.29, 1.82) is 0 Å². The highest BCUT2D eigenvalue weighted by Crippen LogP contribution is 2.33. The van der Waals surface area contributed by atoms with Crippen molar-refractivity contribution in [3.05, 3.63) is 101 Å². The van der Waals surface area contributed by atoms with E-state index in [4.69, 9.17) is 14.2 Å². The number of para-hydroxylation sites is 1. The van der Waals surface area contributed by atoms with Crippen LogP contribution in [0.2, 0.25) is 0 Å². The smallest absolute Gasteiger partial charge is 0.275 e. The number of hydrogen-bond acceptors (Lipinski definition) is 8. The molecule has 0 fully saturated rings. The molecular weight excluding hydrogens is 546 g/mol. The number of fused-ring (bicyclic) bond motifs is 1. The first-order valence-corrected chi connectivity index (χ1v) is 14.0. The Balaban J connectivity index is 1.23. The van der Waals surface area contributed by atoms with Gasteiger partial charge in [-0.15, -0.1) is 0 Å². The summed E-state index contributed by atoms with van der Waals surface area (Å²) in [5.74, 6) is 1.24. The maximum absolute atomic E-state index is 13.3. The molecule has 43 heavy (non-hydrogen) atoms. The van der Waals surface area contributed by atoms with Crippen LogP contribution in [0, 0.1) is 6.92 Å². The van der Waals surface area contributed by atoms with Crippen LogP contribution in [0.5, 0.6) is 17.2 Å². The largest absolute Gasteiger partial charge is 0.495 e. The molecule has 0 radical (unpaired) electrons. The number of rotatable bonds is 10. The summed E-state index contributed by atoms with van der Waals surface area (Å²) in [5.41, 5.74) is 5.71. The van der Waals surface area contributed by atoms with Gasteiger partial charge in [-0.3, -0.25) is 19.5 Å². The number of anilines is 2. The number of methoxy groups -OCH3 is 3. The zero-order valence-electron chi connectivity index (χ0n) is 24.8. The number of carbonyl (C=O) groups is 2. The normalized spacial score (nSPS) is 12.7. The molecule has 3 aromatic carbocycles. The van der Waals surface area contributed by atoms with Crippen LogP contribution in [-0.4, -0.2) is 61.1 Å². The van der Waals surface area contributed by atoms with Gasteiger partial charge >= 0.3 is 0 Å². The number of hydrogen-bond donors (Lipinski definition) is 2. The van der Waals surface area contributed by atoms with E-state index < -0.39 is 5.91 Å². The Kier molecular flexibility index (Phi) is 9.17. The van der Waals surface area contributed by atoms with Gasteiger partial charge in [0, 0.05) is 25.8 Å². The molecule has 1 aromatic heterocycles. The zero-order valence-corrected chi connectivity index (χ0v) is 24.8. The maximum atomic E-state index is 13.3. The highest BCUT2D eigenvalue weighted by atomic mass is 16.5. The fourth-order valence-electron chi connectivity index (χ4n) is 5.09. The number of carbonyl (C=O) groups excluding carboxylic acids is 2. The molecule has 5 rings (SSSR count). The highest BCUT2D eigenvalue weighted by molar-refractivity contribution is 6.12. The van der Waals surface area contributed by atoms with E-state index in [1.165, 1.54) is 23.5 Å². The first-order valence-electron chi connectivity index (χ1n) is 14.0. The molecule has 0 atom stereocenters. The van der Waals surface area contributed by atoms with E-state index in [2.05, 4.69) is 37.6 Å². The quantitative estimate of drug-likeness (QED) is 0.271. The van der Waals surface area contributed by atoms with Crippen LogP contribution in [-0.2, 0) is 19.4 Å². The van der Waals surface area contributed by atoms with E-state index in [0.717, 1.165) is 49.5 Å². The highest BCUT2D eigenvalue weighted by Gasteiger charge is 2.20. The van der Waals surface area contributed by atoms with Gasteiger partial charge < -0.3 is 24.8 Å². The Labute approximate surface area is 251 Å². The molecule has 2 N–H and O–H groups in total. The summed E-state index contributed by atoms with van der Waals surface area (Å²) < 4.78 is 16.6. The average Bonchev–Trinajstić information content (AvgIpc) is 3.03. The third-order valence-electron chi connectivity index (χ3n) is 7.46. The van der Waals surface area contributed by atoms with Gasteiger partial charge in [0.15, 0.2) is 11.5 Å². The molecule has 0 bridgehead atoms. The van der Waals surface area contributed by atoms with Crippen LogP contribution in [0.1, 0.15) is 43.2 Å². The van der Waals surface area contributed by atoms with Crippen molar-refractivity contribution in [2.45, 2.75) is 26.3 Å². The molecule has 222 valence electrons. The minimum atomic E-state index is -0.453. The topological polar surface area (TPSA) is 115 Å². The summed E-state index contributed by atoms with van der Waals surface area (Å²) in [6.07, 6.45) is 4.69. The predicted molar refractivity (Wildman–Crippen MR) is 164 cm³/mol. The van der Waals surface area contributed by atoms with Crippen molar-refractivity contribution in [2.75, 3.05) is 45.1 Å². The molecule has 4 aromatic rings. The Morgan fingerprint density at radius 3 is 2.26 bits per heavy atom. The van der Waals surface area contributed by atoms with Gasteiger partial charge in [-0.2, -0.15) is 0 Å². The third kappa shape index (κ3) is 6.92. The summed E-state index contributed by atoms with van der Waals surface area (Å²) in [6.45, 7) is 4.47. The van der Waals surface area contributed by atoms with Gasteiger partial charge in [0.25, 0.3) is 11.8 Å². The minimum Gasteiger partial charge on any atom is -0.495 e. The van der Waals surface area contributed by atoms with Crippen molar-refractivity contribution in [3.8, 4) is 17.2 Å². The van der Waals surface area contributed by atoms with Crippen molar-refractivity contribution in [3.63, 3.8) is 0 Å². The third-order valence-corrected chi connectivity index (χ3v) is 7.46. The maximum Gasteiger partial charge on any atom is 0.275 e. The van der Waals surface area contributed by atoms with Gasteiger partial charge in [0.2, 0.25) is 0 Å². The van der Waals surface area contributed by atoms with Crippen molar-refractivity contribution in [2.24, 2.45) is 0 Å². The van der Waals surface area contributed by atoms with E-state index in [1.807, 2.05) is 18.2 Å². The number of nitrogens with one attached hydrogen (secondary N) is 2. The number of benzene rings is 3. The molecule has 0 saturated carbocycles. The molecular formula is C33H35N5O5. The number of aromatic nitrogens is 2. The summed E-state index contributed by atoms with van der Waals surface area (Å²) >= 11 is 0. The number of amides is 2. The number of aryl methyl sites for hydroxylation is 1. The second kappa shape index (κ2) is 13.3. The van der Waals surface area contributed by atoms with E-state index in [-0.39, 0.29) is 11.6 Å². The Hall–Kier alpha value is -4.96. The van der Waals surface area contributed by atoms with Crippen molar-refractivity contribution < 1.29 is 23.8 Å². The van der Waals surface area contributed by atoms with Crippen LogP contribution in [0.25, 0.3) is 0 Å². The molecule has 2 heterocycles. The number of nitrogens with zero attached hydrogens (tertiary/aromatic N) is 3. The molecule has 1 aliphatic heterocycles. The SMILES string of the molecule is COc1cc(CCN2CCc3cc(OC)c(OC)cc3C2)ccc1NC(=O)c1ccccc1NC(=O)c1cnc(C)cn1. The Morgan fingerprint density at radius 1 is 0.814 bits per heavy atom. The van der Waals surface area contributed by atoms with E-state index in [1.54, 1.807) is 52.5 Å². The second-order valence-electron chi connectivity index (χ2n) is 10.3. The lowest BCUT2D eigenvalue weighted by molar-refractivity contribution is 0.102. The average molecular weight is 582 g/mol. The lowest BCUT2D eigenvalue weighted by atomic mass is 9.98. The van der Waals surface area contributed by atoms with Crippen molar-refractivity contribution in [1.82, 2.24) is 14.9 Å². The van der Waals surface area contributed by atoms with Gasteiger partial charge in [0.05, 0.1) is 50.2 Å². The first-order chi connectivity index (χ1) is 20.9. The van der Waals surface area contributed by atoms with Crippen molar-refractivity contribution >= 4 is 23.2 Å². The lowest BCUT2D eigenvalue weighted by Gasteiger charge is -2.29. The van der Waals surface area contributed by atoms with Crippen LogP contribution in [0.3, 0.4) is 0 Å². The molecule has 0 unspecified atom stereocenters. The summed E-state index contributed by atoms with van der Waals surface area (Å²) in [6, 6.07) is 16.7. The fraction of sp³-hybridized carbons (Fsp3) is 0.273. The molecule has 2 amide bonds.